The molecule has 166 valence electrons. The molecule has 2 aromatic carbocycles. The van der Waals surface area contributed by atoms with Crippen LogP contribution in [0.4, 0.5) is 0 Å². The maximum atomic E-state index is 11.7. The number of hydrogen-bond acceptors (Lipinski definition) is 5. The zero-order valence-electron chi connectivity index (χ0n) is 18.8. The quantitative estimate of drug-likeness (QED) is 0.416. The summed E-state index contributed by atoms with van der Waals surface area (Å²) in [6.45, 7) is 11.3. The Morgan fingerprint density at radius 2 is 1.65 bits per heavy atom. The summed E-state index contributed by atoms with van der Waals surface area (Å²) >= 11 is 0. The van der Waals surface area contributed by atoms with Crippen molar-refractivity contribution in [1.29, 1.82) is 0 Å². The van der Waals surface area contributed by atoms with Crippen molar-refractivity contribution in [2.24, 2.45) is 0 Å². The Balaban J connectivity index is 0.000000318. The van der Waals surface area contributed by atoms with Crippen molar-refractivity contribution in [3.63, 3.8) is 0 Å². The first-order valence-corrected chi connectivity index (χ1v) is 10.1. The Labute approximate surface area is 185 Å². The summed E-state index contributed by atoms with van der Waals surface area (Å²) < 4.78 is 10.3. The average Bonchev–Trinajstić information content (AvgIpc) is 2.73. The molecule has 1 N–H and O–H groups in total. The van der Waals surface area contributed by atoms with Gasteiger partial charge in [-0.1, -0.05) is 60.7 Å². The summed E-state index contributed by atoms with van der Waals surface area (Å²) in [7, 11) is 0. The van der Waals surface area contributed by atoms with Gasteiger partial charge in [-0.3, -0.25) is 4.79 Å². The summed E-state index contributed by atoms with van der Waals surface area (Å²) in [6.07, 6.45) is 5.50. The van der Waals surface area contributed by atoms with Gasteiger partial charge in [-0.15, -0.1) is 0 Å². The highest BCUT2D eigenvalue weighted by atomic mass is 16.6. The zero-order chi connectivity index (χ0) is 23.3. The summed E-state index contributed by atoms with van der Waals surface area (Å²) in [4.78, 5) is 22.5. The third kappa shape index (κ3) is 10.3. The van der Waals surface area contributed by atoms with E-state index in [2.05, 4.69) is 26.5 Å². The lowest BCUT2D eigenvalue weighted by atomic mass is 9.99. The number of ether oxygens (including phenoxy) is 2. The number of hydrogen-bond donors (Lipinski definition) is 1. The zero-order valence-corrected chi connectivity index (χ0v) is 18.8. The number of carbonyl (C=O) groups is 2. The van der Waals surface area contributed by atoms with Crippen LogP contribution in [0.2, 0.25) is 0 Å². The monoisotopic (exact) mass is 424 g/mol. The number of esters is 2. The molecule has 1 atom stereocenters. The summed E-state index contributed by atoms with van der Waals surface area (Å²) in [5.41, 5.74) is 1.84. The van der Waals surface area contributed by atoms with E-state index in [1.54, 1.807) is 18.2 Å². The van der Waals surface area contributed by atoms with Crippen LogP contribution in [0.15, 0.2) is 78.9 Å². The molecule has 0 aliphatic carbocycles. The number of carbonyl (C=O) groups excluding carboxylic acids is 2. The van der Waals surface area contributed by atoms with E-state index in [9.17, 15) is 14.7 Å². The average molecular weight is 425 g/mol. The van der Waals surface area contributed by atoms with Crippen LogP contribution in [0.1, 0.15) is 56.5 Å². The molecule has 0 saturated carbocycles. The summed E-state index contributed by atoms with van der Waals surface area (Å²) in [6, 6.07) is 15.7. The minimum atomic E-state index is -0.530. The number of phenols is 1. The predicted molar refractivity (Wildman–Crippen MR) is 123 cm³/mol. The van der Waals surface area contributed by atoms with Gasteiger partial charge in [0, 0.05) is 6.92 Å². The first kappa shape index (κ1) is 25.7. The molecule has 5 nitrogen and oxygen atoms in total. The Kier molecular flexibility index (Phi) is 10.8. The Hall–Kier alpha value is -3.34. The van der Waals surface area contributed by atoms with Crippen LogP contribution in [0, 0.1) is 0 Å². The molecule has 0 aliphatic rings. The number of para-hydroxylation sites is 1. The molecule has 1 unspecified atom stereocenters. The van der Waals surface area contributed by atoms with Gasteiger partial charge in [0.15, 0.2) is 0 Å². The molecule has 0 saturated heterocycles. The van der Waals surface area contributed by atoms with E-state index >= 15 is 0 Å². The van der Waals surface area contributed by atoms with Gasteiger partial charge in [0.2, 0.25) is 0 Å². The molecule has 0 aromatic heterocycles. The maximum absolute atomic E-state index is 11.7. The van der Waals surface area contributed by atoms with E-state index in [-0.39, 0.29) is 23.9 Å². The molecule has 2 rings (SSSR count). The molecule has 0 radical (unpaired) electrons. The topological polar surface area (TPSA) is 72.8 Å². The first-order chi connectivity index (χ1) is 14.7. The van der Waals surface area contributed by atoms with E-state index < -0.39 is 11.6 Å². The van der Waals surface area contributed by atoms with Crippen molar-refractivity contribution < 1.29 is 24.2 Å². The van der Waals surface area contributed by atoms with E-state index in [1.165, 1.54) is 24.6 Å². The van der Waals surface area contributed by atoms with Crippen LogP contribution >= 0.6 is 0 Å². The van der Waals surface area contributed by atoms with Crippen molar-refractivity contribution in [1.82, 2.24) is 0 Å². The lowest BCUT2D eigenvalue weighted by Crippen LogP contribution is -2.27. The van der Waals surface area contributed by atoms with Crippen LogP contribution in [-0.4, -0.2) is 22.6 Å². The number of phenolic OH excluding ortho intramolecular Hbond substituents is 1. The highest BCUT2D eigenvalue weighted by molar-refractivity contribution is 5.92. The fourth-order valence-electron chi connectivity index (χ4n) is 2.62. The smallest absolute Gasteiger partial charge is 0.342 e. The SMILES string of the molecule is C=CC(C)(CCC=C(C)C)OC(C)=O.O=C(OCc1ccccc1)c1ccccc1O. The molecule has 31 heavy (non-hydrogen) atoms. The lowest BCUT2D eigenvalue weighted by Gasteiger charge is -2.24. The highest BCUT2D eigenvalue weighted by Gasteiger charge is 2.22. The second-order valence-corrected chi connectivity index (χ2v) is 7.51. The fraction of sp³-hybridized carbons (Fsp3) is 0.308. The number of aromatic hydroxyl groups is 1. The van der Waals surface area contributed by atoms with Gasteiger partial charge in [-0.2, -0.15) is 0 Å². The Bertz CT molecular complexity index is 882. The molecule has 0 aliphatic heterocycles. The van der Waals surface area contributed by atoms with Crippen LogP contribution in [-0.2, 0) is 20.9 Å². The second-order valence-electron chi connectivity index (χ2n) is 7.51. The third-order valence-electron chi connectivity index (χ3n) is 4.34. The maximum Gasteiger partial charge on any atom is 0.342 e. The minimum Gasteiger partial charge on any atom is -0.507 e. The molecule has 0 spiro atoms. The van der Waals surface area contributed by atoms with Crippen molar-refractivity contribution in [3.8, 4) is 5.75 Å². The van der Waals surface area contributed by atoms with Crippen molar-refractivity contribution >= 4 is 11.9 Å². The van der Waals surface area contributed by atoms with Crippen LogP contribution in [0.3, 0.4) is 0 Å². The van der Waals surface area contributed by atoms with Crippen molar-refractivity contribution in [3.05, 3.63) is 90.0 Å². The predicted octanol–water partition coefficient (Wildman–Crippen LogP) is 5.99. The lowest BCUT2D eigenvalue weighted by molar-refractivity contribution is -0.151. The highest BCUT2D eigenvalue weighted by Crippen LogP contribution is 2.20. The number of benzene rings is 2. The van der Waals surface area contributed by atoms with E-state index in [4.69, 9.17) is 9.47 Å². The third-order valence-corrected chi connectivity index (χ3v) is 4.34. The van der Waals surface area contributed by atoms with Gasteiger partial charge < -0.3 is 14.6 Å². The van der Waals surface area contributed by atoms with Crippen LogP contribution in [0.25, 0.3) is 0 Å². The number of rotatable bonds is 8. The summed E-state index contributed by atoms with van der Waals surface area (Å²) in [5.74, 6) is -0.845. The molecule has 5 heteroatoms. The number of allylic oxidation sites excluding steroid dienone is 2. The molecule has 2 aromatic rings. The van der Waals surface area contributed by atoms with Gasteiger partial charge in [-0.25, -0.2) is 4.79 Å². The van der Waals surface area contributed by atoms with E-state index in [0.717, 1.165) is 18.4 Å². The van der Waals surface area contributed by atoms with Crippen molar-refractivity contribution in [2.45, 2.75) is 52.7 Å². The Morgan fingerprint density at radius 3 is 2.19 bits per heavy atom. The van der Waals surface area contributed by atoms with E-state index in [0.29, 0.717) is 0 Å². The molecule has 0 heterocycles. The first-order valence-electron chi connectivity index (χ1n) is 10.1. The van der Waals surface area contributed by atoms with Crippen LogP contribution in [0.5, 0.6) is 5.75 Å². The van der Waals surface area contributed by atoms with Crippen LogP contribution < -0.4 is 0 Å². The van der Waals surface area contributed by atoms with Gasteiger partial charge in [0.25, 0.3) is 0 Å². The van der Waals surface area contributed by atoms with Gasteiger partial charge >= 0.3 is 11.9 Å². The minimum absolute atomic E-state index is 0.0643. The van der Waals surface area contributed by atoms with Gasteiger partial charge in [0.05, 0.1) is 0 Å². The molecule has 0 fully saturated rings. The molecular formula is C26H32O5. The summed E-state index contributed by atoms with van der Waals surface area (Å²) in [5, 5.41) is 9.48. The van der Waals surface area contributed by atoms with Crippen molar-refractivity contribution in [2.75, 3.05) is 0 Å². The Morgan fingerprint density at radius 1 is 1.03 bits per heavy atom. The normalized spacial score (nSPS) is 11.7. The molecule has 0 amide bonds. The van der Waals surface area contributed by atoms with E-state index in [1.807, 2.05) is 37.3 Å². The largest absolute Gasteiger partial charge is 0.507 e. The van der Waals surface area contributed by atoms with Gasteiger partial charge in [-0.05, 0) is 57.4 Å². The molecular weight excluding hydrogens is 392 g/mol. The standard InChI is InChI=1S/C14H12O3.C12H20O2/c15-13-9-5-4-8-12(13)14(16)17-10-11-6-2-1-3-7-11;1-6-12(5,14-11(4)13)9-7-8-10(2)3/h1-9,15H,10H2;6,8H,1,7,9H2,2-5H3. The van der Waals surface area contributed by atoms with Gasteiger partial charge in [0.1, 0.15) is 23.5 Å². The fourth-order valence-corrected chi connectivity index (χ4v) is 2.62. The molecule has 0 bridgehead atoms. The second kappa shape index (κ2) is 13.1.